The summed E-state index contributed by atoms with van der Waals surface area (Å²) in [6.45, 7) is 4.18. The van der Waals surface area contributed by atoms with Crippen molar-refractivity contribution in [3.05, 3.63) is 29.3 Å². The summed E-state index contributed by atoms with van der Waals surface area (Å²) in [4.78, 5) is 12.4. The van der Waals surface area contributed by atoms with E-state index in [0.29, 0.717) is 23.5 Å². The number of carbonyl (C=O) groups excluding carboxylic acids is 1. The van der Waals surface area contributed by atoms with E-state index in [9.17, 15) is 4.79 Å². The zero-order chi connectivity index (χ0) is 16.2. The van der Waals surface area contributed by atoms with Gasteiger partial charge in [0, 0.05) is 11.8 Å². The van der Waals surface area contributed by atoms with Gasteiger partial charge in [0.05, 0.1) is 0 Å². The second kappa shape index (κ2) is 5.54. The van der Waals surface area contributed by atoms with E-state index in [0.717, 1.165) is 31.4 Å². The van der Waals surface area contributed by atoms with Crippen LogP contribution in [0.5, 0.6) is 5.75 Å². The molecule has 2 nitrogen and oxygen atoms in total. The van der Waals surface area contributed by atoms with Gasteiger partial charge in [-0.25, -0.2) is 0 Å². The van der Waals surface area contributed by atoms with E-state index in [1.807, 2.05) is 6.92 Å². The standard InChI is InChI=1S/C20H26O2S/c1-12(23)22-14-4-6-15-13(11-14)3-5-17-16(15)9-10-20(2)18(17)7-8-19(20)21/h4,6,11-12,16-18,23H,3,5,7-10H2,1-2H3. The molecule has 1 aromatic rings. The quantitative estimate of drug-likeness (QED) is 0.625. The number of hydrogen-bond donors (Lipinski definition) is 1. The summed E-state index contributed by atoms with van der Waals surface area (Å²) in [7, 11) is 0. The van der Waals surface area contributed by atoms with Gasteiger partial charge in [-0.1, -0.05) is 13.0 Å². The third-order valence-corrected chi connectivity index (χ3v) is 6.82. The van der Waals surface area contributed by atoms with Crippen LogP contribution in [0.2, 0.25) is 0 Å². The predicted octanol–water partition coefficient (Wildman–Crippen LogP) is 4.77. The van der Waals surface area contributed by atoms with Crippen molar-refractivity contribution in [3.63, 3.8) is 0 Å². The molecule has 3 heteroatoms. The molecule has 0 spiro atoms. The van der Waals surface area contributed by atoms with Gasteiger partial charge in [-0.05, 0) is 80.0 Å². The van der Waals surface area contributed by atoms with Crippen LogP contribution in [0.4, 0.5) is 0 Å². The Balaban J connectivity index is 1.63. The number of ketones is 1. The Labute approximate surface area is 144 Å². The molecule has 0 amide bonds. The fourth-order valence-corrected chi connectivity index (χ4v) is 5.72. The van der Waals surface area contributed by atoms with Gasteiger partial charge >= 0.3 is 0 Å². The predicted molar refractivity (Wildman–Crippen MR) is 95.1 cm³/mol. The van der Waals surface area contributed by atoms with Crippen molar-refractivity contribution in [2.45, 2.75) is 63.7 Å². The molecule has 23 heavy (non-hydrogen) atoms. The van der Waals surface area contributed by atoms with E-state index < -0.39 is 0 Å². The second-order valence-electron chi connectivity index (χ2n) is 7.91. The van der Waals surface area contributed by atoms with Crippen molar-refractivity contribution in [1.82, 2.24) is 0 Å². The number of hydrogen-bond acceptors (Lipinski definition) is 3. The third kappa shape index (κ3) is 2.43. The lowest BCUT2D eigenvalue weighted by Crippen LogP contribution is -2.42. The SMILES string of the molecule is CC(S)Oc1ccc2c(c1)CCC1C2CCC2(C)C(=O)CCC12. The minimum atomic E-state index is -0.0794. The largest absolute Gasteiger partial charge is 0.480 e. The van der Waals surface area contributed by atoms with Gasteiger partial charge in [-0.15, -0.1) is 12.6 Å². The Morgan fingerprint density at radius 2 is 2.09 bits per heavy atom. The highest BCUT2D eigenvalue weighted by Crippen LogP contribution is 2.59. The van der Waals surface area contributed by atoms with Crippen LogP contribution >= 0.6 is 12.6 Å². The summed E-state index contributed by atoms with van der Waals surface area (Å²) >= 11 is 4.31. The van der Waals surface area contributed by atoms with Crippen LogP contribution in [0.25, 0.3) is 0 Å². The molecule has 124 valence electrons. The van der Waals surface area contributed by atoms with Crippen LogP contribution in [0, 0.1) is 17.3 Å². The molecular weight excluding hydrogens is 304 g/mol. The molecule has 2 fully saturated rings. The van der Waals surface area contributed by atoms with E-state index in [1.54, 1.807) is 0 Å². The van der Waals surface area contributed by atoms with Crippen LogP contribution in [-0.4, -0.2) is 11.2 Å². The average molecular weight is 330 g/mol. The molecule has 0 N–H and O–H groups in total. The first-order valence-electron chi connectivity index (χ1n) is 9.00. The van der Waals surface area contributed by atoms with Gasteiger partial charge in [0.1, 0.15) is 17.0 Å². The van der Waals surface area contributed by atoms with Crippen molar-refractivity contribution in [3.8, 4) is 5.75 Å². The van der Waals surface area contributed by atoms with Crippen LogP contribution in [-0.2, 0) is 11.2 Å². The van der Waals surface area contributed by atoms with Crippen LogP contribution < -0.4 is 4.74 Å². The van der Waals surface area contributed by atoms with Crippen molar-refractivity contribution in [2.24, 2.45) is 17.3 Å². The maximum absolute atomic E-state index is 12.4. The monoisotopic (exact) mass is 330 g/mol. The normalized spacial score (nSPS) is 36.8. The maximum Gasteiger partial charge on any atom is 0.139 e. The molecule has 5 atom stereocenters. The fraction of sp³-hybridized carbons (Fsp3) is 0.650. The van der Waals surface area contributed by atoms with Crippen LogP contribution in [0.3, 0.4) is 0 Å². The number of ether oxygens (including phenoxy) is 1. The van der Waals surface area contributed by atoms with Gasteiger partial charge in [0.15, 0.2) is 0 Å². The lowest BCUT2D eigenvalue weighted by atomic mass is 9.55. The zero-order valence-electron chi connectivity index (χ0n) is 14.0. The van der Waals surface area contributed by atoms with Crippen molar-refractivity contribution < 1.29 is 9.53 Å². The van der Waals surface area contributed by atoms with Crippen molar-refractivity contribution in [1.29, 1.82) is 0 Å². The zero-order valence-corrected chi connectivity index (χ0v) is 14.9. The number of Topliss-reactive ketones (excluding diaryl/α,β-unsaturated/α-hetero) is 1. The Morgan fingerprint density at radius 3 is 2.87 bits per heavy atom. The molecule has 0 bridgehead atoms. The highest BCUT2D eigenvalue weighted by Gasteiger charge is 2.54. The van der Waals surface area contributed by atoms with Crippen molar-refractivity contribution >= 4 is 18.4 Å². The Morgan fingerprint density at radius 1 is 1.26 bits per heavy atom. The second-order valence-corrected chi connectivity index (χ2v) is 8.64. The number of benzene rings is 1. The smallest absolute Gasteiger partial charge is 0.139 e. The Kier molecular flexibility index (Phi) is 3.75. The molecule has 3 aliphatic carbocycles. The van der Waals surface area contributed by atoms with E-state index in [1.165, 1.54) is 24.0 Å². The van der Waals surface area contributed by atoms with E-state index >= 15 is 0 Å². The molecule has 4 rings (SSSR count). The molecule has 0 aliphatic heterocycles. The Bertz CT molecular complexity index is 639. The highest BCUT2D eigenvalue weighted by atomic mass is 32.1. The van der Waals surface area contributed by atoms with E-state index in [2.05, 4.69) is 37.8 Å². The summed E-state index contributed by atoms with van der Waals surface area (Å²) in [6.07, 6.45) is 6.51. The maximum atomic E-state index is 12.4. The van der Waals surface area contributed by atoms with Gasteiger partial charge < -0.3 is 4.74 Å². The molecule has 1 aromatic carbocycles. The van der Waals surface area contributed by atoms with Gasteiger partial charge in [0.25, 0.3) is 0 Å². The number of carbonyl (C=O) groups is 1. The van der Waals surface area contributed by atoms with E-state index in [4.69, 9.17) is 4.74 Å². The van der Waals surface area contributed by atoms with Crippen LogP contribution in [0.1, 0.15) is 63.0 Å². The molecule has 0 aromatic heterocycles. The summed E-state index contributed by atoms with van der Waals surface area (Å²) in [5.74, 6) is 3.41. The Hall–Kier alpha value is -0.960. The number of thiol groups is 1. The number of aryl methyl sites for hydroxylation is 1. The van der Waals surface area contributed by atoms with Gasteiger partial charge in [0.2, 0.25) is 0 Å². The average Bonchev–Trinajstić information content (AvgIpc) is 2.82. The molecule has 0 radical (unpaired) electrons. The van der Waals surface area contributed by atoms with Gasteiger partial charge in [-0.2, -0.15) is 0 Å². The molecule has 2 saturated carbocycles. The number of rotatable bonds is 2. The summed E-state index contributed by atoms with van der Waals surface area (Å²) in [6, 6.07) is 6.59. The fourth-order valence-electron chi connectivity index (χ4n) is 5.60. The molecular formula is C20H26O2S. The topological polar surface area (TPSA) is 26.3 Å². The molecule has 3 aliphatic rings. The lowest BCUT2D eigenvalue weighted by molar-refractivity contribution is -0.129. The minimum Gasteiger partial charge on any atom is -0.480 e. The van der Waals surface area contributed by atoms with E-state index in [-0.39, 0.29) is 10.9 Å². The summed E-state index contributed by atoms with van der Waals surface area (Å²) in [5.41, 5.74) is 2.86. The first-order valence-corrected chi connectivity index (χ1v) is 9.51. The van der Waals surface area contributed by atoms with Crippen molar-refractivity contribution in [2.75, 3.05) is 0 Å². The first kappa shape index (κ1) is 15.6. The third-order valence-electron chi connectivity index (χ3n) is 6.71. The lowest BCUT2D eigenvalue weighted by Gasteiger charge is -2.48. The number of fused-ring (bicyclic) bond motifs is 5. The molecule has 0 saturated heterocycles. The first-order chi connectivity index (χ1) is 11.0. The molecule has 0 heterocycles. The molecule has 5 unspecified atom stereocenters. The highest BCUT2D eigenvalue weighted by molar-refractivity contribution is 7.80. The van der Waals surface area contributed by atoms with Gasteiger partial charge in [-0.3, -0.25) is 4.79 Å². The summed E-state index contributed by atoms with van der Waals surface area (Å²) < 4.78 is 5.74. The van der Waals surface area contributed by atoms with Crippen LogP contribution in [0.15, 0.2) is 18.2 Å². The summed E-state index contributed by atoms with van der Waals surface area (Å²) in [5, 5.41) is 0. The minimum absolute atomic E-state index is 0.0246.